The second kappa shape index (κ2) is 3.42. The standard InChI is InChI=1S/C6H3Cl3O2S/c7-4-1-5(8)3-6(2-4)12(9,10)11/h1-3H/i1+1,2+1,3+1,4+1,5+1,6+1. The van der Waals surface area contributed by atoms with E-state index in [4.69, 9.17) is 33.9 Å². The van der Waals surface area contributed by atoms with Gasteiger partial charge in [-0.15, -0.1) is 0 Å². The van der Waals surface area contributed by atoms with Gasteiger partial charge in [0.25, 0.3) is 9.05 Å². The molecule has 0 unspecified atom stereocenters. The molecule has 0 aliphatic rings. The minimum atomic E-state index is -3.74. The van der Waals surface area contributed by atoms with Gasteiger partial charge in [-0.2, -0.15) is 0 Å². The number of rotatable bonds is 1. The van der Waals surface area contributed by atoms with Gasteiger partial charge < -0.3 is 0 Å². The van der Waals surface area contributed by atoms with Gasteiger partial charge in [-0.1, -0.05) is 23.2 Å². The van der Waals surface area contributed by atoms with E-state index in [0.717, 1.165) is 0 Å². The Balaban J connectivity index is 3.37. The first-order valence-electron chi connectivity index (χ1n) is 2.80. The van der Waals surface area contributed by atoms with Gasteiger partial charge in [-0.3, -0.25) is 0 Å². The summed E-state index contributed by atoms with van der Waals surface area (Å²) in [7, 11) is 1.31. The quantitative estimate of drug-likeness (QED) is 0.719. The Kier molecular flexibility index (Phi) is 2.88. The van der Waals surface area contributed by atoms with E-state index in [1.165, 1.54) is 18.2 Å². The summed E-state index contributed by atoms with van der Waals surface area (Å²) in [6.07, 6.45) is 0. The monoisotopic (exact) mass is 250 g/mol. The predicted molar refractivity (Wildman–Crippen MR) is 49.5 cm³/mol. The van der Waals surface area contributed by atoms with E-state index in [1.54, 1.807) is 0 Å². The molecule has 0 radical (unpaired) electrons. The van der Waals surface area contributed by atoms with Crippen molar-refractivity contribution in [3.8, 4) is 0 Å². The highest BCUT2D eigenvalue weighted by atomic mass is 35.7. The average Bonchev–Trinajstić information content (AvgIpc) is 1.82. The number of hydrogen-bond donors (Lipinski definition) is 0. The highest BCUT2D eigenvalue weighted by Crippen LogP contribution is 2.24. The fraction of sp³-hybridized carbons (Fsp3) is 0. The predicted octanol–water partition coefficient (Wildman–Crippen LogP) is 2.92. The zero-order chi connectivity index (χ0) is 9.35. The SMILES string of the molecule is O=S(=O)(Cl)[13c]1[13cH][13c](Cl)[13cH][13c](Cl)[13cH]1. The Morgan fingerprint density at radius 3 is 1.75 bits per heavy atom. The summed E-state index contributed by atoms with van der Waals surface area (Å²) in [5.74, 6) is 0. The molecule has 0 atom stereocenters. The Morgan fingerprint density at radius 1 is 1.00 bits per heavy atom. The van der Waals surface area contributed by atoms with Crippen molar-refractivity contribution in [3.05, 3.63) is 28.2 Å². The van der Waals surface area contributed by atoms with Gasteiger partial charge >= 0.3 is 0 Å². The number of halogens is 3. The third kappa shape index (κ3) is 2.52. The maximum Gasteiger partial charge on any atom is 0.261 e. The van der Waals surface area contributed by atoms with Crippen LogP contribution in [0.15, 0.2) is 23.1 Å². The van der Waals surface area contributed by atoms with E-state index in [-0.39, 0.29) is 14.9 Å². The van der Waals surface area contributed by atoms with Gasteiger partial charge in [0.15, 0.2) is 0 Å². The van der Waals surface area contributed by atoms with Crippen molar-refractivity contribution in [1.29, 1.82) is 0 Å². The van der Waals surface area contributed by atoms with E-state index in [2.05, 4.69) is 0 Å². The van der Waals surface area contributed by atoms with Crippen LogP contribution in [0.2, 0.25) is 10.0 Å². The first-order chi connectivity index (χ1) is 5.39. The lowest BCUT2D eigenvalue weighted by atomic mass is 11.3. The molecule has 1 aromatic carbocycles. The molecule has 2 nitrogen and oxygen atoms in total. The van der Waals surface area contributed by atoms with E-state index < -0.39 is 9.05 Å². The van der Waals surface area contributed by atoms with Gasteiger partial charge in [-0.25, -0.2) is 8.42 Å². The van der Waals surface area contributed by atoms with Gasteiger partial charge in [0.2, 0.25) is 0 Å². The van der Waals surface area contributed by atoms with Crippen LogP contribution in [0, 0.1) is 0 Å². The molecule has 6 heteroatoms. The maximum absolute atomic E-state index is 10.8. The van der Waals surface area contributed by atoms with Crippen LogP contribution in [0.1, 0.15) is 0 Å². The van der Waals surface area contributed by atoms with Crippen LogP contribution in [0.3, 0.4) is 0 Å². The lowest BCUT2D eigenvalue weighted by Gasteiger charge is -1.97. The van der Waals surface area contributed by atoms with Gasteiger partial charge in [0.1, 0.15) is 0 Å². The molecule has 0 heterocycles. The summed E-state index contributed by atoms with van der Waals surface area (Å²) in [5, 5.41) is 0.475. The molecule has 0 bridgehead atoms. The zero-order valence-corrected chi connectivity index (χ0v) is 8.67. The minimum Gasteiger partial charge on any atom is -0.207 e. The minimum absolute atomic E-state index is 0.0957. The molecule has 0 aliphatic carbocycles. The molecule has 12 heavy (non-hydrogen) atoms. The third-order valence-electron chi connectivity index (χ3n) is 1.12. The Morgan fingerprint density at radius 2 is 1.42 bits per heavy atom. The van der Waals surface area contributed by atoms with Crippen molar-refractivity contribution >= 4 is 42.9 Å². The molecular weight excluding hydrogens is 248 g/mol. The second-order valence-electron chi connectivity index (χ2n) is 2.04. The van der Waals surface area contributed by atoms with Crippen molar-refractivity contribution < 1.29 is 8.42 Å². The van der Waals surface area contributed by atoms with Gasteiger partial charge in [-0.05, 0) is 18.2 Å². The van der Waals surface area contributed by atoms with E-state index in [9.17, 15) is 8.42 Å². The molecule has 66 valence electrons. The summed E-state index contributed by atoms with van der Waals surface area (Å²) in [4.78, 5) is -0.0957. The molecule has 0 saturated carbocycles. The van der Waals surface area contributed by atoms with Crippen molar-refractivity contribution in [2.45, 2.75) is 4.90 Å². The van der Waals surface area contributed by atoms with Crippen molar-refractivity contribution in [3.63, 3.8) is 0 Å². The Bertz CT molecular complexity index is 379. The zero-order valence-electron chi connectivity index (χ0n) is 5.59. The van der Waals surface area contributed by atoms with Crippen LogP contribution in [-0.2, 0) is 9.05 Å². The summed E-state index contributed by atoms with van der Waals surface area (Å²) in [5.41, 5.74) is 0. The van der Waals surface area contributed by atoms with Gasteiger partial charge in [0, 0.05) is 20.7 Å². The van der Waals surface area contributed by atoms with Crippen molar-refractivity contribution in [2.24, 2.45) is 0 Å². The lowest BCUT2D eigenvalue weighted by molar-refractivity contribution is 0.609. The van der Waals surface area contributed by atoms with E-state index >= 15 is 0 Å². The van der Waals surface area contributed by atoms with Crippen LogP contribution in [0.4, 0.5) is 0 Å². The maximum atomic E-state index is 10.8. The van der Waals surface area contributed by atoms with Crippen molar-refractivity contribution in [1.82, 2.24) is 0 Å². The Hall–Kier alpha value is 0.0400. The second-order valence-corrected chi connectivity index (χ2v) is 5.48. The van der Waals surface area contributed by atoms with Gasteiger partial charge in [0.05, 0.1) is 4.90 Å². The van der Waals surface area contributed by atoms with E-state index in [0.29, 0.717) is 0 Å². The first kappa shape index (κ1) is 10.1. The molecule has 0 fully saturated rings. The normalized spacial score (nSPS) is 11.6. The third-order valence-corrected chi connectivity index (χ3v) is 2.89. The molecule has 0 saturated heterocycles. The largest absolute Gasteiger partial charge is 0.261 e. The molecule has 0 N–H and O–H groups in total. The molecule has 1 aromatic rings. The fourth-order valence-corrected chi connectivity index (χ4v) is 2.13. The average molecular weight is 251 g/mol. The van der Waals surface area contributed by atoms with Crippen LogP contribution < -0.4 is 0 Å². The van der Waals surface area contributed by atoms with Crippen LogP contribution >= 0.6 is 33.9 Å². The number of hydrogen-bond acceptors (Lipinski definition) is 2. The van der Waals surface area contributed by atoms with Crippen LogP contribution in [-0.4, -0.2) is 8.42 Å². The molecule has 0 aromatic heterocycles. The summed E-state index contributed by atoms with van der Waals surface area (Å²) in [6, 6.07) is 3.89. The molecular formula is C6H3Cl3O2S. The molecule has 0 spiro atoms. The van der Waals surface area contributed by atoms with Crippen molar-refractivity contribution in [2.75, 3.05) is 0 Å². The highest BCUT2D eigenvalue weighted by Gasteiger charge is 2.11. The van der Waals surface area contributed by atoms with Crippen LogP contribution in [0.5, 0.6) is 0 Å². The molecule has 0 aliphatic heterocycles. The highest BCUT2D eigenvalue weighted by molar-refractivity contribution is 8.13. The number of benzene rings is 1. The fourth-order valence-electron chi connectivity index (χ4n) is 0.669. The summed E-state index contributed by atoms with van der Waals surface area (Å²) in [6.45, 7) is 0. The first-order valence-corrected chi connectivity index (χ1v) is 5.87. The van der Waals surface area contributed by atoms with Crippen LogP contribution in [0.25, 0.3) is 0 Å². The summed E-state index contributed by atoms with van der Waals surface area (Å²) < 4.78 is 21.6. The topological polar surface area (TPSA) is 34.1 Å². The lowest BCUT2D eigenvalue weighted by Crippen LogP contribution is -1.89. The molecule has 1 rings (SSSR count). The molecule has 0 amide bonds. The Labute approximate surface area is 84.5 Å². The van der Waals surface area contributed by atoms with E-state index in [1.807, 2.05) is 0 Å². The smallest absolute Gasteiger partial charge is 0.207 e. The summed E-state index contributed by atoms with van der Waals surface area (Å²) >= 11 is 11.1.